The molecule has 5 nitrogen and oxygen atoms in total. The molecule has 1 N–H and O–H groups in total. The van der Waals surface area contributed by atoms with E-state index in [1.54, 1.807) is 7.11 Å². The smallest absolute Gasteiger partial charge is 0.220 e. The van der Waals surface area contributed by atoms with Crippen LogP contribution >= 0.6 is 0 Å². The highest BCUT2D eigenvalue weighted by Gasteiger charge is 2.01. The first-order valence-corrected chi connectivity index (χ1v) is 5.71. The number of ether oxygens (including phenoxy) is 1. The van der Waals surface area contributed by atoms with Crippen LogP contribution in [0.1, 0.15) is 24.8 Å². The van der Waals surface area contributed by atoms with E-state index in [0.29, 0.717) is 13.0 Å². The van der Waals surface area contributed by atoms with Crippen LogP contribution in [0.25, 0.3) is 0 Å². The fourth-order valence-corrected chi connectivity index (χ4v) is 1.43. The van der Waals surface area contributed by atoms with Gasteiger partial charge in [0, 0.05) is 18.9 Å². The second-order valence-corrected chi connectivity index (χ2v) is 3.85. The molecule has 0 bridgehead atoms. The van der Waals surface area contributed by atoms with Crippen molar-refractivity contribution >= 4 is 11.9 Å². The topological polar surface area (TPSA) is 78.5 Å². The highest BCUT2D eigenvalue weighted by Crippen LogP contribution is 2.10. The van der Waals surface area contributed by atoms with Gasteiger partial charge < -0.3 is 20.0 Å². The first-order chi connectivity index (χ1) is 8.61. The first kappa shape index (κ1) is 14.0. The Balaban J connectivity index is 2.26. The molecule has 0 radical (unpaired) electrons. The number of carbonyl (C=O) groups is 2. The molecule has 0 fully saturated rings. The van der Waals surface area contributed by atoms with E-state index in [1.807, 2.05) is 24.3 Å². The molecule has 5 heteroatoms. The molecule has 98 valence electrons. The number of hydrogen-bond donors (Lipinski definition) is 1. The van der Waals surface area contributed by atoms with E-state index >= 15 is 0 Å². The number of nitrogens with one attached hydrogen (secondary N) is 1. The second kappa shape index (κ2) is 7.32. The van der Waals surface area contributed by atoms with Crippen LogP contribution in [0.15, 0.2) is 24.3 Å². The van der Waals surface area contributed by atoms with Gasteiger partial charge >= 0.3 is 0 Å². The summed E-state index contributed by atoms with van der Waals surface area (Å²) in [4.78, 5) is 21.5. The predicted octanol–water partition coefficient (Wildman–Crippen LogP) is 0.232. The monoisotopic (exact) mass is 250 g/mol. The van der Waals surface area contributed by atoms with Crippen molar-refractivity contribution < 1.29 is 19.4 Å². The largest absolute Gasteiger partial charge is 0.550 e. The first-order valence-electron chi connectivity index (χ1n) is 5.71. The summed E-state index contributed by atoms with van der Waals surface area (Å²) in [5.74, 6) is -0.524. The quantitative estimate of drug-likeness (QED) is 0.751. The molecule has 0 atom stereocenters. The minimum Gasteiger partial charge on any atom is -0.550 e. The Kier molecular flexibility index (Phi) is 5.70. The van der Waals surface area contributed by atoms with Crippen LogP contribution in [-0.4, -0.2) is 19.0 Å². The summed E-state index contributed by atoms with van der Waals surface area (Å²) in [6.45, 7) is 0.425. The summed E-state index contributed by atoms with van der Waals surface area (Å²) >= 11 is 0. The lowest BCUT2D eigenvalue weighted by Crippen LogP contribution is -2.25. The van der Waals surface area contributed by atoms with Gasteiger partial charge in [0.25, 0.3) is 0 Å². The lowest BCUT2D eigenvalue weighted by molar-refractivity contribution is -0.305. The van der Waals surface area contributed by atoms with Gasteiger partial charge in [-0.15, -0.1) is 0 Å². The molecule has 0 saturated heterocycles. The number of carbonyl (C=O) groups excluding carboxylic acids is 2. The molecule has 18 heavy (non-hydrogen) atoms. The molecule has 0 aliphatic rings. The molecule has 1 aromatic rings. The van der Waals surface area contributed by atoms with Crippen LogP contribution in [0.3, 0.4) is 0 Å². The van der Waals surface area contributed by atoms with E-state index in [4.69, 9.17) is 4.74 Å². The molecule has 0 spiro atoms. The van der Waals surface area contributed by atoms with E-state index in [1.165, 1.54) is 0 Å². The van der Waals surface area contributed by atoms with Crippen molar-refractivity contribution in [2.75, 3.05) is 7.11 Å². The fraction of sp³-hybridized carbons (Fsp3) is 0.385. The Labute approximate surface area is 106 Å². The number of benzene rings is 1. The van der Waals surface area contributed by atoms with Crippen molar-refractivity contribution in [3.05, 3.63) is 29.8 Å². The van der Waals surface area contributed by atoms with Crippen LogP contribution < -0.4 is 15.2 Å². The number of aliphatic carboxylic acids is 1. The zero-order valence-electron chi connectivity index (χ0n) is 10.3. The Morgan fingerprint density at radius 3 is 2.44 bits per heavy atom. The standard InChI is InChI=1S/C13H17NO4/c1-18-11-7-5-10(6-8-11)9-14-12(15)3-2-4-13(16)17/h5-8H,2-4,9H2,1H3,(H,14,15)(H,16,17)/p-1. The molecule has 0 aliphatic carbocycles. The molecule has 1 amide bonds. The van der Waals surface area contributed by atoms with Gasteiger partial charge in [0.1, 0.15) is 5.75 Å². The van der Waals surface area contributed by atoms with Crippen molar-refractivity contribution in [2.45, 2.75) is 25.8 Å². The number of carboxylic acid groups (broad SMARTS) is 1. The van der Waals surface area contributed by atoms with Crippen LogP contribution in [-0.2, 0) is 16.1 Å². The molecule has 1 aromatic carbocycles. The second-order valence-electron chi connectivity index (χ2n) is 3.85. The molecule has 0 aliphatic heterocycles. The van der Waals surface area contributed by atoms with E-state index in [-0.39, 0.29) is 18.7 Å². The highest BCUT2D eigenvalue weighted by molar-refractivity contribution is 5.76. The lowest BCUT2D eigenvalue weighted by atomic mass is 10.2. The van der Waals surface area contributed by atoms with Crippen LogP contribution in [0.2, 0.25) is 0 Å². The van der Waals surface area contributed by atoms with Gasteiger partial charge in [0.05, 0.1) is 7.11 Å². The van der Waals surface area contributed by atoms with Gasteiger partial charge in [-0.25, -0.2) is 0 Å². The van der Waals surface area contributed by atoms with Gasteiger partial charge in [-0.3, -0.25) is 4.79 Å². The maximum Gasteiger partial charge on any atom is 0.220 e. The molecule has 1 rings (SSSR count). The number of rotatable bonds is 7. The van der Waals surface area contributed by atoms with Crippen LogP contribution in [0.4, 0.5) is 0 Å². The molecular weight excluding hydrogens is 234 g/mol. The van der Waals surface area contributed by atoms with E-state index in [0.717, 1.165) is 11.3 Å². The van der Waals surface area contributed by atoms with Gasteiger partial charge in [-0.2, -0.15) is 0 Å². The summed E-state index contributed by atoms with van der Waals surface area (Å²) in [5, 5.41) is 12.9. The summed E-state index contributed by atoms with van der Waals surface area (Å²) in [6.07, 6.45) is 0.414. The van der Waals surface area contributed by atoms with Gasteiger partial charge in [-0.05, 0) is 30.5 Å². The number of amides is 1. The van der Waals surface area contributed by atoms with Gasteiger partial charge in [-0.1, -0.05) is 12.1 Å². The minimum atomic E-state index is -1.13. The third kappa shape index (κ3) is 5.34. The molecule has 0 heterocycles. The third-order valence-electron chi connectivity index (χ3n) is 2.43. The van der Waals surface area contributed by atoms with Gasteiger partial charge in [0.15, 0.2) is 0 Å². The Morgan fingerprint density at radius 2 is 1.89 bits per heavy atom. The van der Waals surface area contributed by atoms with Crippen molar-refractivity contribution in [3.63, 3.8) is 0 Å². The van der Waals surface area contributed by atoms with E-state index in [2.05, 4.69) is 5.32 Å². The Hall–Kier alpha value is -2.04. The van der Waals surface area contributed by atoms with E-state index < -0.39 is 5.97 Å². The average molecular weight is 250 g/mol. The van der Waals surface area contributed by atoms with Gasteiger partial charge in [0.2, 0.25) is 5.91 Å². The maximum atomic E-state index is 11.4. The van der Waals surface area contributed by atoms with Crippen molar-refractivity contribution in [2.24, 2.45) is 0 Å². The summed E-state index contributed by atoms with van der Waals surface area (Å²) in [5.41, 5.74) is 0.962. The number of carboxylic acids is 1. The lowest BCUT2D eigenvalue weighted by Gasteiger charge is -2.06. The predicted molar refractivity (Wildman–Crippen MR) is 63.7 cm³/mol. The van der Waals surface area contributed by atoms with Crippen LogP contribution in [0, 0.1) is 0 Å². The van der Waals surface area contributed by atoms with Crippen molar-refractivity contribution in [1.82, 2.24) is 5.32 Å². The zero-order chi connectivity index (χ0) is 13.4. The molecule has 0 aromatic heterocycles. The zero-order valence-corrected chi connectivity index (χ0v) is 10.3. The SMILES string of the molecule is COc1ccc(CNC(=O)CCCC(=O)[O-])cc1. The molecular formula is C13H16NO4-. The highest BCUT2D eigenvalue weighted by atomic mass is 16.5. The van der Waals surface area contributed by atoms with E-state index in [9.17, 15) is 14.7 Å². The summed E-state index contributed by atoms with van der Waals surface area (Å²) in [7, 11) is 1.59. The number of methoxy groups -OCH3 is 1. The summed E-state index contributed by atoms with van der Waals surface area (Å²) < 4.78 is 5.02. The Bertz CT molecular complexity index is 400. The van der Waals surface area contributed by atoms with Crippen molar-refractivity contribution in [1.29, 1.82) is 0 Å². The maximum absolute atomic E-state index is 11.4. The Morgan fingerprint density at radius 1 is 1.22 bits per heavy atom. The van der Waals surface area contributed by atoms with Crippen molar-refractivity contribution in [3.8, 4) is 5.75 Å². The number of hydrogen-bond acceptors (Lipinski definition) is 4. The molecule has 0 saturated carbocycles. The fourth-order valence-electron chi connectivity index (χ4n) is 1.43. The minimum absolute atomic E-state index is 0.0873. The molecule has 0 unspecified atom stereocenters. The normalized spacial score (nSPS) is 9.83. The summed E-state index contributed by atoms with van der Waals surface area (Å²) in [6, 6.07) is 7.36. The average Bonchev–Trinajstić information content (AvgIpc) is 2.36. The van der Waals surface area contributed by atoms with Crippen LogP contribution in [0.5, 0.6) is 5.75 Å². The third-order valence-corrected chi connectivity index (χ3v) is 2.43.